The maximum absolute atomic E-state index is 4.08. The van der Waals surface area contributed by atoms with E-state index in [2.05, 4.69) is 38.5 Å². The lowest BCUT2D eigenvalue weighted by Gasteiger charge is -2.19. The van der Waals surface area contributed by atoms with E-state index in [0.29, 0.717) is 0 Å². The minimum absolute atomic E-state index is 0.104. The summed E-state index contributed by atoms with van der Waals surface area (Å²) in [4.78, 5) is 1.32. The van der Waals surface area contributed by atoms with Crippen LogP contribution in [-0.4, -0.2) is 0 Å². The van der Waals surface area contributed by atoms with Gasteiger partial charge in [0.2, 0.25) is 0 Å². The van der Waals surface area contributed by atoms with Crippen LogP contribution in [0.3, 0.4) is 0 Å². The van der Waals surface area contributed by atoms with Gasteiger partial charge in [0, 0.05) is 10.3 Å². The molecule has 1 aliphatic carbocycles. The highest BCUT2D eigenvalue weighted by atomic mass is 32.1. The fourth-order valence-corrected chi connectivity index (χ4v) is 2.77. The molecular formula is C11H12S. The first-order chi connectivity index (χ1) is 5.55. The van der Waals surface area contributed by atoms with E-state index < -0.39 is 0 Å². The second-order valence-corrected chi connectivity index (χ2v) is 4.66. The smallest absolute Gasteiger partial charge is 0.0380 e. The Morgan fingerprint density at radius 2 is 2.00 bits per heavy atom. The molecule has 0 aliphatic heterocycles. The van der Waals surface area contributed by atoms with Crippen LogP contribution in [-0.2, 0) is 5.41 Å². The van der Waals surface area contributed by atoms with Gasteiger partial charge >= 0.3 is 0 Å². The predicted molar refractivity (Wildman–Crippen MR) is 55.5 cm³/mol. The van der Waals surface area contributed by atoms with Gasteiger partial charge in [-0.15, -0.1) is 11.3 Å². The molecule has 0 aromatic carbocycles. The topological polar surface area (TPSA) is 0 Å². The second-order valence-electron chi connectivity index (χ2n) is 3.75. The van der Waals surface area contributed by atoms with Crippen molar-refractivity contribution in [3.63, 3.8) is 0 Å². The van der Waals surface area contributed by atoms with Gasteiger partial charge in [-0.05, 0) is 28.2 Å². The third-order valence-corrected chi connectivity index (χ3v) is 3.71. The maximum Gasteiger partial charge on any atom is 0.0380 e. The Balaban J connectivity index is 2.73. The van der Waals surface area contributed by atoms with E-state index in [9.17, 15) is 0 Å². The molecule has 1 aliphatic rings. The van der Waals surface area contributed by atoms with Gasteiger partial charge in [0.05, 0.1) is 0 Å². The molecule has 0 nitrogen and oxygen atoms in total. The minimum atomic E-state index is 0.104. The number of hydrogen-bond donors (Lipinski definition) is 0. The van der Waals surface area contributed by atoms with E-state index in [-0.39, 0.29) is 5.41 Å². The standard InChI is InChI=1S/C11H12S/c1-7-8(2)11(3,4)9-5-6-12-10(7)9/h5-6H,1-2H2,3-4H3. The number of fused-ring (bicyclic) bond motifs is 1. The lowest BCUT2D eigenvalue weighted by atomic mass is 9.84. The van der Waals surface area contributed by atoms with Crippen molar-refractivity contribution >= 4 is 16.9 Å². The first kappa shape index (κ1) is 7.81. The van der Waals surface area contributed by atoms with Crippen molar-refractivity contribution in [1.82, 2.24) is 0 Å². The van der Waals surface area contributed by atoms with Crippen LogP contribution >= 0.6 is 11.3 Å². The Morgan fingerprint density at radius 1 is 1.33 bits per heavy atom. The molecule has 0 fully saturated rings. The molecule has 12 heavy (non-hydrogen) atoms. The van der Waals surface area contributed by atoms with E-state index in [1.807, 2.05) is 0 Å². The summed E-state index contributed by atoms with van der Waals surface area (Å²) in [6.45, 7) is 12.6. The van der Waals surface area contributed by atoms with E-state index in [4.69, 9.17) is 0 Å². The molecule has 0 atom stereocenters. The first-order valence-electron chi connectivity index (χ1n) is 4.02. The highest BCUT2D eigenvalue weighted by Gasteiger charge is 2.36. The molecule has 0 bridgehead atoms. The van der Waals surface area contributed by atoms with Crippen molar-refractivity contribution in [3.8, 4) is 0 Å². The van der Waals surface area contributed by atoms with Crippen molar-refractivity contribution in [3.05, 3.63) is 40.6 Å². The van der Waals surface area contributed by atoms with E-state index in [1.54, 1.807) is 11.3 Å². The van der Waals surface area contributed by atoms with Crippen molar-refractivity contribution in [2.45, 2.75) is 19.3 Å². The normalized spacial score (nSPS) is 19.8. The second kappa shape index (κ2) is 2.11. The molecule has 0 N–H and O–H groups in total. The zero-order chi connectivity index (χ0) is 8.93. The predicted octanol–water partition coefficient (Wildman–Crippen LogP) is 3.61. The van der Waals surface area contributed by atoms with Crippen LogP contribution in [0, 0.1) is 0 Å². The Kier molecular flexibility index (Phi) is 1.37. The van der Waals surface area contributed by atoms with Crippen LogP contribution in [0.15, 0.2) is 30.2 Å². The molecule has 0 radical (unpaired) electrons. The number of thiophene rings is 1. The monoisotopic (exact) mass is 176 g/mol. The summed E-state index contributed by atoms with van der Waals surface area (Å²) in [6, 6.07) is 2.18. The Bertz CT molecular complexity index is 366. The molecule has 1 heteroatoms. The van der Waals surface area contributed by atoms with Gasteiger partial charge < -0.3 is 0 Å². The summed E-state index contributed by atoms with van der Waals surface area (Å²) in [5.74, 6) is 0. The van der Waals surface area contributed by atoms with Crippen LogP contribution < -0.4 is 0 Å². The first-order valence-corrected chi connectivity index (χ1v) is 4.90. The lowest BCUT2D eigenvalue weighted by molar-refractivity contribution is 0.665. The van der Waals surface area contributed by atoms with Gasteiger partial charge in [-0.3, -0.25) is 0 Å². The van der Waals surface area contributed by atoms with Crippen molar-refractivity contribution in [2.24, 2.45) is 0 Å². The Labute approximate surface area is 77.2 Å². The van der Waals surface area contributed by atoms with E-state index >= 15 is 0 Å². The van der Waals surface area contributed by atoms with Gasteiger partial charge in [-0.2, -0.15) is 0 Å². The molecule has 0 spiro atoms. The minimum Gasteiger partial charge on any atom is -0.144 e. The number of hydrogen-bond acceptors (Lipinski definition) is 1. The van der Waals surface area contributed by atoms with Gasteiger partial charge in [0.1, 0.15) is 0 Å². The van der Waals surface area contributed by atoms with Gasteiger partial charge in [-0.1, -0.05) is 27.0 Å². The van der Waals surface area contributed by atoms with Gasteiger partial charge in [-0.25, -0.2) is 0 Å². The van der Waals surface area contributed by atoms with Crippen molar-refractivity contribution in [1.29, 1.82) is 0 Å². The molecule has 1 aromatic heterocycles. The number of rotatable bonds is 0. The van der Waals surface area contributed by atoms with Crippen molar-refractivity contribution < 1.29 is 0 Å². The van der Waals surface area contributed by atoms with Crippen LogP contribution in [0.25, 0.3) is 5.57 Å². The highest BCUT2D eigenvalue weighted by Crippen LogP contribution is 2.49. The quantitative estimate of drug-likeness (QED) is 0.566. The fraction of sp³-hybridized carbons (Fsp3) is 0.273. The van der Waals surface area contributed by atoms with Crippen LogP contribution in [0.5, 0.6) is 0 Å². The fourth-order valence-electron chi connectivity index (χ4n) is 1.71. The average molecular weight is 176 g/mol. The third-order valence-electron chi connectivity index (χ3n) is 2.73. The zero-order valence-electron chi connectivity index (χ0n) is 7.48. The van der Waals surface area contributed by atoms with E-state index in [0.717, 1.165) is 5.57 Å². The van der Waals surface area contributed by atoms with Crippen molar-refractivity contribution in [2.75, 3.05) is 0 Å². The molecule has 0 saturated carbocycles. The molecule has 0 saturated heterocycles. The van der Waals surface area contributed by atoms with Gasteiger partial charge in [0.15, 0.2) is 0 Å². The Morgan fingerprint density at radius 3 is 2.58 bits per heavy atom. The van der Waals surface area contributed by atoms with Gasteiger partial charge in [0.25, 0.3) is 0 Å². The molecule has 2 rings (SSSR count). The highest BCUT2D eigenvalue weighted by molar-refractivity contribution is 7.11. The van der Waals surface area contributed by atoms with Crippen LogP contribution in [0.1, 0.15) is 24.3 Å². The largest absolute Gasteiger partial charge is 0.144 e. The molecular weight excluding hydrogens is 164 g/mol. The summed E-state index contributed by atoms with van der Waals surface area (Å²) in [5, 5.41) is 2.13. The molecule has 0 amide bonds. The molecule has 1 heterocycles. The lowest BCUT2D eigenvalue weighted by Crippen LogP contribution is -2.13. The summed E-state index contributed by atoms with van der Waals surface area (Å²) in [6.07, 6.45) is 0. The summed E-state index contributed by atoms with van der Waals surface area (Å²) in [5.41, 5.74) is 3.80. The summed E-state index contributed by atoms with van der Waals surface area (Å²) >= 11 is 1.77. The summed E-state index contributed by atoms with van der Waals surface area (Å²) < 4.78 is 0. The van der Waals surface area contributed by atoms with Crippen LogP contribution in [0.4, 0.5) is 0 Å². The summed E-state index contributed by atoms with van der Waals surface area (Å²) in [7, 11) is 0. The maximum atomic E-state index is 4.08. The Hall–Kier alpha value is -0.820. The molecule has 0 unspecified atom stereocenters. The third kappa shape index (κ3) is 0.721. The SMILES string of the molecule is C=C1C(=C)C(C)(C)c2ccsc21. The zero-order valence-corrected chi connectivity index (χ0v) is 8.29. The molecule has 62 valence electrons. The van der Waals surface area contributed by atoms with E-state index in [1.165, 1.54) is 16.0 Å². The number of allylic oxidation sites excluding steroid dienone is 2. The average Bonchev–Trinajstić information content (AvgIpc) is 2.54. The van der Waals surface area contributed by atoms with Crippen LogP contribution in [0.2, 0.25) is 0 Å². The molecule has 1 aromatic rings.